The molecule has 0 bridgehead atoms. The molecule has 5 rings (SSSR count). The fourth-order valence-electron chi connectivity index (χ4n) is 3.96. The Bertz CT molecular complexity index is 1350. The van der Waals surface area contributed by atoms with Gasteiger partial charge in [0.2, 0.25) is 11.1 Å². The van der Waals surface area contributed by atoms with E-state index in [-0.39, 0.29) is 5.91 Å². The number of carbonyl (C=O) groups is 1. The number of thioether (sulfide) groups is 1. The summed E-state index contributed by atoms with van der Waals surface area (Å²) >= 11 is 1.54. The molecule has 35 heavy (non-hydrogen) atoms. The molecule has 0 fully saturated rings. The number of aromatic nitrogens is 3. The molecule has 0 aliphatic carbocycles. The number of rotatable bonds is 8. The molecule has 2 N–H and O–H groups in total. The lowest BCUT2D eigenvalue weighted by Gasteiger charge is -2.27. The van der Waals surface area contributed by atoms with Crippen molar-refractivity contribution in [2.24, 2.45) is 0 Å². The molecule has 2 aromatic heterocycles. The van der Waals surface area contributed by atoms with Crippen molar-refractivity contribution in [2.45, 2.75) is 30.8 Å². The van der Waals surface area contributed by atoms with Crippen molar-refractivity contribution in [3.05, 3.63) is 95.6 Å². The molecule has 3 heterocycles. The standard InChI is InChI=1S/C26H25N5O3S/c1-3-33-20-13-8-7-12-19(20)28-24(32)22-17(2)27-25-29-26(35-16-18-10-5-4-6-11-18)30-31(25)23(22)21-14-9-15-34-21/h4-15,23H,3,16H2,1-2H3,(H,28,32)(H,27,29,30). The highest BCUT2D eigenvalue weighted by Crippen LogP contribution is 2.37. The molecule has 0 spiro atoms. The lowest BCUT2D eigenvalue weighted by atomic mass is 10.00. The quantitative estimate of drug-likeness (QED) is 0.317. The summed E-state index contributed by atoms with van der Waals surface area (Å²) in [7, 11) is 0. The number of ether oxygens (including phenoxy) is 1. The zero-order chi connectivity index (χ0) is 24.2. The van der Waals surface area contributed by atoms with Crippen LogP contribution >= 0.6 is 11.8 Å². The molecule has 4 aromatic rings. The maximum atomic E-state index is 13.6. The summed E-state index contributed by atoms with van der Waals surface area (Å²) in [5.74, 6) is 2.23. The number of allylic oxidation sites excluding steroid dienone is 1. The van der Waals surface area contributed by atoms with Gasteiger partial charge in [0.05, 0.1) is 24.1 Å². The third kappa shape index (κ3) is 4.81. The lowest BCUT2D eigenvalue weighted by Crippen LogP contribution is -2.31. The van der Waals surface area contributed by atoms with Crippen LogP contribution in [0.25, 0.3) is 0 Å². The number of carbonyl (C=O) groups excluding carboxylic acids is 1. The molecule has 8 nitrogen and oxygen atoms in total. The van der Waals surface area contributed by atoms with Gasteiger partial charge in [0.15, 0.2) is 0 Å². The SMILES string of the molecule is CCOc1ccccc1NC(=O)C1=C(C)Nc2nc(SCc3ccccc3)nn2C1c1ccco1. The number of fused-ring (bicyclic) bond motifs is 1. The van der Waals surface area contributed by atoms with Gasteiger partial charge in [0.1, 0.15) is 17.6 Å². The molecule has 1 aliphatic heterocycles. The number of benzene rings is 2. The molecule has 0 saturated heterocycles. The smallest absolute Gasteiger partial charge is 0.256 e. The third-order valence-corrected chi connectivity index (χ3v) is 6.45. The van der Waals surface area contributed by atoms with Gasteiger partial charge >= 0.3 is 0 Å². The average molecular weight is 488 g/mol. The van der Waals surface area contributed by atoms with Crippen LogP contribution in [-0.4, -0.2) is 27.3 Å². The van der Waals surface area contributed by atoms with E-state index in [9.17, 15) is 4.79 Å². The minimum absolute atomic E-state index is 0.275. The van der Waals surface area contributed by atoms with E-state index in [4.69, 9.17) is 14.3 Å². The first-order valence-corrected chi connectivity index (χ1v) is 12.3. The van der Waals surface area contributed by atoms with Crippen LogP contribution < -0.4 is 15.4 Å². The number of anilines is 2. The Morgan fingerprint density at radius 2 is 1.94 bits per heavy atom. The number of nitrogens with zero attached hydrogens (tertiary/aromatic N) is 3. The van der Waals surface area contributed by atoms with Crippen LogP contribution in [0, 0.1) is 0 Å². The van der Waals surface area contributed by atoms with Crippen LogP contribution in [0.15, 0.2) is 93.8 Å². The first-order valence-electron chi connectivity index (χ1n) is 11.3. The zero-order valence-corrected chi connectivity index (χ0v) is 20.2. The maximum Gasteiger partial charge on any atom is 0.256 e. The van der Waals surface area contributed by atoms with Crippen molar-refractivity contribution in [1.29, 1.82) is 0 Å². The van der Waals surface area contributed by atoms with Crippen molar-refractivity contribution in [2.75, 3.05) is 17.2 Å². The van der Waals surface area contributed by atoms with E-state index in [0.29, 0.717) is 46.2 Å². The fourth-order valence-corrected chi connectivity index (χ4v) is 4.74. The first-order chi connectivity index (χ1) is 17.1. The van der Waals surface area contributed by atoms with Gasteiger partial charge in [-0.2, -0.15) is 4.98 Å². The summed E-state index contributed by atoms with van der Waals surface area (Å²) in [6.07, 6.45) is 1.59. The molecule has 1 unspecified atom stereocenters. The predicted molar refractivity (Wildman–Crippen MR) is 135 cm³/mol. The molecule has 0 saturated carbocycles. The average Bonchev–Trinajstić information content (AvgIpc) is 3.54. The van der Waals surface area contributed by atoms with E-state index in [0.717, 1.165) is 5.75 Å². The second kappa shape index (κ2) is 10.1. The van der Waals surface area contributed by atoms with Crippen molar-refractivity contribution < 1.29 is 13.9 Å². The molecular formula is C26H25N5O3S. The summed E-state index contributed by atoms with van der Waals surface area (Å²) in [5.41, 5.74) is 2.95. The summed E-state index contributed by atoms with van der Waals surface area (Å²) in [6.45, 7) is 4.26. The Labute approximate surface area is 207 Å². The van der Waals surface area contributed by atoms with Crippen LogP contribution in [0.5, 0.6) is 5.75 Å². The van der Waals surface area contributed by atoms with Crippen LogP contribution in [0.4, 0.5) is 11.6 Å². The molecule has 178 valence electrons. The Balaban J connectivity index is 1.45. The molecule has 1 amide bonds. The van der Waals surface area contributed by atoms with E-state index in [2.05, 4.69) is 27.8 Å². The second-order valence-electron chi connectivity index (χ2n) is 7.90. The van der Waals surface area contributed by atoms with Crippen molar-refractivity contribution >= 4 is 29.3 Å². The van der Waals surface area contributed by atoms with Gasteiger partial charge in [0.25, 0.3) is 5.91 Å². The molecule has 1 atom stereocenters. The predicted octanol–water partition coefficient (Wildman–Crippen LogP) is 5.49. The summed E-state index contributed by atoms with van der Waals surface area (Å²) in [4.78, 5) is 18.3. The van der Waals surface area contributed by atoms with Crippen molar-refractivity contribution in [3.63, 3.8) is 0 Å². The first kappa shape index (κ1) is 22.8. The van der Waals surface area contributed by atoms with Crippen molar-refractivity contribution in [1.82, 2.24) is 14.8 Å². The third-order valence-electron chi connectivity index (χ3n) is 5.54. The van der Waals surface area contributed by atoms with Gasteiger partial charge < -0.3 is 19.8 Å². The van der Waals surface area contributed by atoms with Gasteiger partial charge in [-0.05, 0) is 43.7 Å². The number of hydrogen-bond donors (Lipinski definition) is 2. The van der Waals surface area contributed by atoms with E-state index < -0.39 is 6.04 Å². The molecule has 1 aliphatic rings. The van der Waals surface area contributed by atoms with Gasteiger partial charge in [-0.25, -0.2) is 4.68 Å². The molecule has 0 radical (unpaired) electrons. The number of nitrogens with one attached hydrogen (secondary N) is 2. The van der Waals surface area contributed by atoms with Gasteiger partial charge in [0, 0.05) is 11.4 Å². The topological polar surface area (TPSA) is 94.2 Å². The minimum Gasteiger partial charge on any atom is -0.492 e. The van der Waals surface area contributed by atoms with E-state index in [1.165, 1.54) is 17.3 Å². The van der Waals surface area contributed by atoms with Crippen molar-refractivity contribution in [3.8, 4) is 5.75 Å². The van der Waals surface area contributed by atoms with E-state index >= 15 is 0 Å². The summed E-state index contributed by atoms with van der Waals surface area (Å²) in [6, 6.07) is 20.6. The lowest BCUT2D eigenvalue weighted by molar-refractivity contribution is -0.113. The molecule has 2 aromatic carbocycles. The number of amides is 1. The highest BCUT2D eigenvalue weighted by atomic mass is 32.2. The maximum absolute atomic E-state index is 13.6. The second-order valence-corrected chi connectivity index (χ2v) is 8.84. The van der Waals surface area contributed by atoms with Gasteiger partial charge in [-0.1, -0.05) is 54.2 Å². The van der Waals surface area contributed by atoms with E-state index in [1.807, 2.05) is 62.4 Å². The Morgan fingerprint density at radius 1 is 1.14 bits per heavy atom. The number of para-hydroxylation sites is 2. The van der Waals surface area contributed by atoms with Gasteiger partial charge in [-0.3, -0.25) is 4.79 Å². The highest BCUT2D eigenvalue weighted by molar-refractivity contribution is 7.98. The summed E-state index contributed by atoms with van der Waals surface area (Å²) in [5, 5.41) is 11.6. The normalized spacial score (nSPS) is 14.9. The Morgan fingerprint density at radius 3 is 2.71 bits per heavy atom. The zero-order valence-electron chi connectivity index (χ0n) is 19.4. The van der Waals surface area contributed by atoms with Crippen LogP contribution in [0.2, 0.25) is 0 Å². The number of hydrogen-bond acceptors (Lipinski definition) is 7. The summed E-state index contributed by atoms with van der Waals surface area (Å²) < 4.78 is 13.1. The van der Waals surface area contributed by atoms with Crippen LogP contribution in [0.1, 0.15) is 31.2 Å². The number of furan rings is 1. The largest absolute Gasteiger partial charge is 0.492 e. The van der Waals surface area contributed by atoms with E-state index in [1.54, 1.807) is 17.0 Å². The fraction of sp³-hybridized carbons (Fsp3) is 0.192. The molecule has 9 heteroatoms. The molecular weight excluding hydrogens is 462 g/mol. The minimum atomic E-state index is -0.570. The van der Waals surface area contributed by atoms with Gasteiger partial charge in [-0.15, -0.1) is 5.10 Å². The van der Waals surface area contributed by atoms with Crippen LogP contribution in [0.3, 0.4) is 0 Å². The Hall–Kier alpha value is -3.98. The monoisotopic (exact) mass is 487 g/mol. The highest BCUT2D eigenvalue weighted by Gasteiger charge is 2.36. The van der Waals surface area contributed by atoms with Crippen LogP contribution in [-0.2, 0) is 10.5 Å². The Kier molecular flexibility index (Phi) is 6.58.